The SMILES string of the molecule is Cc1cccc(N2C(=O)c3cc4occc4n3CC2(C)C(=O)NC2CCCC(C)C2C)c1C. The fourth-order valence-electron chi connectivity index (χ4n) is 5.68. The van der Waals surface area contributed by atoms with Gasteiger partial charge in [-0.1, -0.05) is 38.8 Å². The summed E-state index contributed by atoms with van der Waals surface area (Å²) in [5.74, 6) is 0.701. The predicted molar refractivity (Wildman–Crippen MR) is 129 cm³/mol. The van der Waals surface area contributed by atoms with Gasteiger partial charge < -0.3 is 14.3 Å². The molecule has 1 aromatic carbocycles. The van der Waals surface area contributed by atoms with Crippen molar-refractivity contribution in [3.05, 3.63) is 53.4 Å². The first kappa shape index (κ1) is 21.8. The van der Waals surface area contributed by atoms with E-state index in [-0.39, 0.29) is 17.9 Å². The van der Waals surface area contributed by atoms with Gasteiger partial charge in [-0.25, -0.2) is 0 Å². The van der Waals surface area contributed by atoms with E-state index in [1.165, 1.54) is 6.42 Å². The Balaban J connectivity index is 1.61. The van der Waals surface area contributed by atoms with E-state index in [1.807, 2.05) is 49.6 Å². The number of fused-ring (bicyclic) bond motifs is 3. The topological polar surface area (TPSA) is 67.5 Å². The highest BCUT2D eigenvalue weighted by atomic mass is 16.3. The van der Waals surface area contributed by atoms with E-state index in [9.17, 15) is 9.59 Å². The molecule has 3 aromatic rings. The van der Waals surface area contributed by atoms with Crippen molar-refractivity contribution in [2.45, 2.75) is 72.0 Å². The molecule has 2 amide bonds. The first-order valence-electron chi connectivity index (χ1n) is 12.0. The molecule has 6 heteroatoms. The fraction of sp³-hybridized carbons (Fsp3) is 0.481. The Hall–Kier alpha value is -3.02. The largest absolute Gasteiger partial charge is 0.463 e. The number of carbonyl (C=O) groups is 2. The van der Waals surface area contributed by atoms with Crippen LogP contribution in [0.5, 0.6) is 0 Å². The number of nitrogens with zero attached hydrogens (tertiary/aromatic N) is 2. The van der Waals surface area contributed by atoms with Gasteiger partial charge in [0.2, 0.25) is 5.91 Å². The van der Waals surface area contributed by atoms with Gasteiger partial charge in [0.25, 0.3) is 5.91 Å². The van der Waals surface area contributed by atoms with Crippen LogP contribution in [0.3, 0.4) is 0 Å². The lowest BCUT2D eigenvalue weighted by Crippen LogP contribution is -2.66. The molecule has 0 radical (unpaired) electrons. The van der Waals surface area contributed by atoms with Crippen LogP contribution in [0.4, 0.5) is 5.69 Å². The quantitative estimate of drug-likeness (QED) is 0.599. The molecule has 0 saturated heterocycles. The highest BCUT2D eigenvalue weighted by Gasteiger charge is 2.50. The lowest BCUT2D eigenvalue weighted by atomic mass is 9.77. The van der Waals surface area contributed by atoms with Crippen LogP contribution < -0.4 is 10.2 Å². The first-order valence-corrected chi connectivity index (χ1v) is 12.0. The molecule has 5 rings (SSSR count). The van der Waals surface area contributed by atoms with Crippen molar-refractivity contribution in [2.75, 3.05) is 4.90 Å². The molecule has 2 aliphatic rings. The monoisotopic (exact) mass is 447 g/mol. The van der Waals surface area contributed by atoms with Gasteiger partial charge in [0, 0.05) is 23.9 Å². The van der Waals surface area contributed by atoms with Crippen LogP contribution in [0.15, 0.2) is 41.0 Å². The molecule has 0 spiro atoms. The number of nitrogens with one attached hydrogen (secondary N) is 1. The van der Waals surface area contributed by atoms with Crippen molar-refractivity contribution in [1.82, 2.24) is 9.88 Å². The summed E-state index contributed by atoms with van der Waals surface area (Å²) in [7, 11) is 0. The summed E-state index contributed by atoms with van der Waals surface area (Å²) >= 11 is 0. The number of amides is 2. The standard InChI is InChI=1S/C27H33N3O3/c1-16-8-6-10-20(18(16)3)28-26(32)27(5)15-29-22-12-13-33-24(22)14-23(29)25(31)30(27)21-11-7-9-17(2)19(21)4/h7,9,11-14,16,18,20H,6,8,10,15H2,1-5H3,(H,28,32). The Bertz CT molecular complexity index is 1240. The Morgan fingerprint density at radius 2 is 1.97 bits per heavy atom. The number of benzene rings is 1. The van der Waals surface area contributed by atoms with Gasteiger partial charge in [-0.05, 0) is 56.2 Å². The van der Waals surface area contributed by atoms with Crippen LogP contribution in [-0.2, 0) is 11.3 Å². The van der Waals surface area contributed by atoms with Crippen LogP contribution in [0.2, 0.25) is 0 Å². The summed E-state index contributed by atoms with van der Waals surface area (Å²) in [6.45, 7) is 10.8. The van der Waals surface area contributed by atoms with E-state index in [2.05, 4.69) is 19.2 Å². The maximum atomic E-state index is 14.0. The minimum Gasteiger partial charge on any atom is -0.463 e. The van der Waals surface area contributed by atoms with E-state index in [0.717, 1.165) is 35.2 Å². The predicted octanol–water partition coefficient (Wildman–Crippen LogP) is 5.21. The van der Waals surface area contributed by atoms with Gasteiger partial charge in [-0.15, -0.1) is 0 Å². The molecule has 174 valence electrons. The maximum Gasteiger partial charge on any atom is 0.276 e. The summed E-state index contributed by atoms with van der Waals surface area (Å²) in [6, 6.07) is 9.70. The molecule has 1 fully saturated rings. The average Bonchev–Trinajstić information content (AvgIpc) is 3.37. The van der Waals surface area contributed by atoms with Crippen molar-refractivity contribution in [3.8, 4) is 0 Å². The van der Waals surface area contributed by atoms with Crippen LogP contribution in [0.25, 0.3) is 11.1 Å². The second kappa shape index (κ2) is 7.79. The third-order valence-electron chi connectivity index (χ3n) is 8.23. The van der Waals surface area contributed by atoms with Crippen LogP contribution in [-0.4, -0.2) is 28.0 Å². The summed E-state index contributed by atoms with van der Waals surface area (Å²) in [6.07, 6.45) is 4.92. The zero-order valence-electron chi connectivity index (χ0n) is 20.1. The highest BCUT2D eigenvalue weighted by molar-refractivity contribution is 6.14. The smallest absolute Gasteiger partial charge is 0.276 e. The fourth-order valence-corrected chi connectivity index (χ4v) is 5.68. The second-order valence-corrected chi connectivity index (χ2v) is 10.3. The third kappa shape index (κ3) is 3.30. The zero-order chi connectivity index (χ0) is 23.5. The van der Waals surface area contributed by atoms with E-state index < -0.39 is 5.54 Å². The van der Waals surface area contributed by atoms with Gasteiger partial charge in [-0.3, -0.25) is 14.5 Å². The molecular weight excluding hydrogens is 414 g/mol. The molecule has 33 heavy (non-hydrogen) atoms. The Labute approximate surface area is 194 Å². The Morgan fingerprint density at radius 3 is 2.76 bits per heavy atom. The van der Waals surface area contributed by atoms with Gasteiger partial charge in [0.1, 0.15) is 11.2 Å². The van der Waals surface area contributed by atoms with Crippen molar-refractivity contribution in [1.29, 1.82) is 0 Å². The summed E-state index contributed by atoms with van der Waals surface area (Å²) in [5, 5.41) is 3.36. The molecule has 1 aliphatic heterocycles. The molecule has 3 heterocycles. The molecule has 0 bridgehead atoms. The molecular formula is C27H33N3O3. The van der Waals surface area contributed by atoms with E-state index in [4.69, 9.17) is 4.42 Å². The average molecular weight is 448 g/mol. The van der Waals surface area contributed by atoms with Crippen molar-refractivity contribution < 1.29 is 14.0 Å². The lowest BCUT2D eigenvalue weighted by molar-refractivity contribution is -0.128. The lowest BCUT2D eigenvalue weighted by Gasteiger charge is -2.46. The van der Waals surface area contributed by atoms with Crippen LogP contribution in [0, 0.1) is 25.7 Å². The van der Waals surface area contributed by atoms with Crippen molar-refractivity contribution in [2.24, 2.45) is 11.8 Å². The maximum absolute atomic E-state index is 14.0. The minimum absolute atomic E-state index is 0.0984. The number of rotatable bonds is 3. The molecule has 1 N–H and O–H groups in total. The molecule has 2 aromatic heterocycles. The number of hydrogen-bond donors (Lipinski definition) is 1. The number of hydrogen-bond acceptors (Lipinski definition) is 3. The molecule has 6 nitrogen and oxygen atoms in total. The highest BCUT2D eigenvalue weighted by Crippen LogP contribution is 2.39. The van der Waals surface area contributed by atoms with E-state index in [1.54, 1.807) is 17.2 Å². The summed E-state index contributed by atoms with van der Waals surface area (Å²) in [5.41, 5.74) is 3.87. The van der Waals surface area contributed by atoms with Gasteiger partial charge in [0.15, 0.2) is 5.58 Å². The Kier molecular flexibility index (Phi) is 5.15. The third-order valence-corrected chi connectivity index (χ3v) is 8.23. The Morgan fingerprint density at radius 1 is 1.18 bits per heavy atom. The molecule has 1 saturated carbocycles. The normalized spacial score (nSPS) is 27.6. The number of aryl methyl sites for hydroxylation is 1. The number of anilines is 1. The summed E-state index contributed by atoms with van der Waals surface area (Å²) in [4.78, 5) is 29.7. The number of carbonyl (C=O) groups excluding carboxylic acids is 2. The summed E-state index contributed by atoms with van der Waals surface area (Å²) < 4.78 is 7.53. The van der Waals surface area contributed by atoms with E-state index in [0.29, 0.717) is 29.7 Å². The van der Waals surface area contributed by atoms with Crippen molar-refractivity contribution >= 4 is 28.6 Å². The van der Waals surface area contributed by atoms with Crippen LogP contribution >= 0.6 is 0 Å². The van der Waals surface area contributed by atoms with Gasteiger partial charge >= 0.3 is 0 Å². The van der Waals surface area contributed by atoms with Crippen molar-refractivity contribution in [3.63, 3.8) is 0 Å². The van der Waals surface area contributed by atoms with Gasteiger partial charge in [-0.2, -0.15) is 0 Å². The first-order chi connectivity index (χ1) is 15.7. The molecule has 4 atom stereocenters. The van der Waals surface area contributed by atoms with Crippen LogP contribution in [0.1, 0.15) is 61.6 Å². The number of furan rings is 1. The minimum atomic E-state index is -1.08. The van der Waals surface area contributed by atoms with Gasteiger partial charge in [0.05, 0.1) is 18.3 Å². The zero-order valence-corrected chi connectivity index (χ0v) is 20.1. The van der Waals surface area contributed by atoms with E-state index >= 15 is 0 Å². The second-order valence-electron chi connectivity index (χ2n) is 10.3. The molecule has 4 unspecified atom stereocenters. The number of aromatic nitrogens is 1. The molecule has 1 aliphatic carbocycles.